The Morgan fingerprint density at radius 2 is 2.36 bits per heavy atom. The van der Waals surface area contributed by atoms with E-state index in [-0.39, 0.29) is 0 Å². The molecule has 0 aliphatic rings. The van der Waals surface area contributed by atoms with E-state index in [4.69, 9.17) is 9.84 Å². The lowest BCUT2D eigenvalue weighted by Crippen LogP contribution is -2.10. The summed E-state index contributed by atoms with van der Waals surface area (Å²) in [5, 5.41) is 8.92. The quantitative estimate of drug-likeness (QED) is 0.793. The van der Waals surface area contributed by atoms with Crippen molar-refractivity contribution < 1.29 is 14.6 Å². The molecule has 0 radical (unpaired) electrons. The molecule has 0 saturated heterocycles. The number of rotatable bonds is 4. The number of nitrogens with zero attached hydrogens (tertiary/aromatic N) is 1. The third-order valence-electron chi connectivity index (χ3n) is 2.08. The van der Waals surface area contributed by atoms with Crippen LogP contribution in [0.4, 0.5) is 0 Å². The first-order chi connectivity index (χ1) is 6.69. The van der Waals surface area contributed by atoms with Crippen molar-refractivity contribution in [3.63, 3.8) is 0 Å². The number of aromatic nitrogens is 1. The molecule has 1 unspecified atom stereocenters. The highest BCUT2D eigenvalue weighted by Gasteiger charge is 2.18. The minimum Gasteiger partial charge on any atom is -0.495 e. The lowest BCUT2D eigenvalue weighted by atomic mass is 9.98. The van der Waals surface area contributed by atoms with Crippen LogP contribution >= 0.6 is 0 Å². The second-order valence-corrected chi connectivity index (χ2v) is 2.96. The Kier molecular flexibility index (Phi) is 3.45. The Morgan fingerprint density at radius 3 is 2.86 bits per heavy atom. The molecule has 0 bridgehead atoms. The maximum atomic E-state index is 10.9. The maximum Gasteiger partial charge on any atom is 0.311 e. The van der Waals surface area contributed by atoms with Gasteiger partial charge in [-0.25, -0.2) is 0 Å². The fraction of sp³-hybridized carbons (Fsp3) is 0.400. The fourth-order valence-electron chi connectivity index (χ4n) is 1.29. The summed E-state index contributed by atoms with van der Waals surface area (Å²) in [5.41, 5.74) is 0.680. The predicted molar refractivity (Wildman–Crippen MR) is 51.5 cm³/mol. The summed E-state index contributed by atoms with van der Waals surface area (Å²) in [6, 6.07) is 1.70. The molecule has 1 aromatic rings. The summed E-state index contributed by atoms with van der Waals surface area (Å²) in [6.45, 7) is 1.83. The van der Waals surface area contributed by atoms with Crippen molar-refractivity contribution in [1.29, 1.82) is 0 Å². The number of hydrogen-bond acceptors (Lipinski definition) is 3. The molecule has 0 aliphatic carbocycles. The summed E-state index contributed by atoms with van der Waals surface area (Å²) >= 11 is 0. The molecule has 1 heterocycles. The normalized spacial score (nSPS) is 12.1. The van der Waals surface area contributed by atoms with Crippen molar-refractivity contribution in [3.05, 3.63) is 24.0 Å². The second kappa shape index (κ2) is 4.60. The first-order valence-corrected chi connectivity index (χ1v) is 4.40. The van der Waals surface area contributed by atoms with Crippen LogP contribution in [0.1, 0.15) is 24.8 Å². The van der Waals surface area contributed by atoms with E-state index in [1.54, 1.807) is 18.5 Å². The lowest BCUT2D eigenvalue weighted by molar-refractivity contribution is -0.138. The molecule has 0 saturated carbocycles. The van der Waals surface area contributed by atoms with E-state index in [1.807, 2.05) is 6.92 Å². The van der Waals surface area contributed by atoms with E-state index in [0.717, 1.165) is 0 Å². The first-order valence-electron chi connectivity index (χ1n) is 4.40. The number of methoxy groups -OCH3 is 1. The number of aliphatic carboxylic acids is 1. The lowest BCUT2D eigenvalue weighted by Gasteiger charge is -2.10. The number of carboxylic acids is 1. The number of ether oxygens (including phenoxy) is 1. The molecule has 0 fully saturated rings. The first kappa shape index (κ1) is 10.5. The summed E-state index contributed by atoms with van der Waals surface area (Å²) in [4.78, 5) is 14.8. The molecular formula is C10H13NO3. The highest BCUT2D eigenvalue weighted by molar-refractivity contribution is 5.75. The molecule has 14 heavy (non-hydrogen) atoms. The van der Waals surface area contributed by atoms with Gasteiger partial charge < -0.3 is 9.84 Å². The number of hydrogen-bond donors (Lipinski definition) is 1. The summed E-state index contributed by atoms with van der Waals surface area (Å²) in [6.07, 6.45) is 3.66. The van der Waals surface area contributed by atoms with Crippen LogP contribution in [0.25, 0.3) is 0 Å². The van der Waals surface area contributed by atoms with Gasteiger partial charge in [0, 0.05) is 6.20 Å². The van der Waals surface area contributed by atoms with Gasteiger partial charge in [-0.3, -0.25) is 9.78 Å². The maximum absolute atomic E-state index is 10.9. The smallest absolute Gasteiger partial charge is 0.311 e. The standard InChI is InChI=1S/C10H13NO3/c1-3-9(10(12)13)7-4-8(14-2)6-11-5-7/h4-6,9H,3H2,1-2H3,(H,12,13). The van der Waals surface area contributed by atoms with Gasteiger partial charge in [0.2, 0.25) is 0 Å². The molecule has 1 aromatic heterocycles. The minimum atomic E-state index is -0.831. The average Bonchev–Trinajstić information content (AvgIpc) is 2.19. The van der Waals surface area contributed by atoms with E-state index in [0.29, 0.717) is 17.7 Å². The highest BCUT2D eigenvalue weighted by atomic mass is 16.5. The zero-order valence-corrected chi connectivity index (χ0v) is 8.23. The molecule has 1 N–H and O–H groups in total. The number of pyridine rings is 1. The zero-order valence-electron chi connectivity index (χ0n) is 8.23. The number of carboxylic acid groups (broad SMARTS) is 1. The van der Waals surface area contributed by atoms with Gasteiger partial charge in [0.1, 0.15) is 5.75 Å². The van der Waals surface area contributed by atoms with Crippen molar-refractivity contribution in [3.8, 4) is 5.75 Å². The third-order valence-corrected chi connectivity index (χ3v) is 2.08. The topological polar surface area (TPSA) is 59.4 Å². The Hall–Kier alpha value is -1.58. The predicted octanol–water partition coefficient (Wildman–Crippen LogP) is 1.67. The van der Waals surface area contributed by atoms with E-state index >= 15 is 0 Å². The monoisotopic (exact) mass is 195 g/mol. The second-order valence-electron chi connectivity index (χ2n) is 2.96. The Bertz CT molecular complexity index is 325. The van der Waals surface area contributed by atoms with Crippen LogP contribution in [0.2, 0.25) is 0 Å². The van der Waals surface area contributed by atoms with Crippen LogP contribution in [0.3, 0.4) is 0 Å². The van der Waals surface area contributed by atoms with Crippen LogP contribution < -0.4 is 4.74 Å². The molecule has 4 heteroatoms. The third kappa shape index (κ3) is 2.22. The Labute approximate surface area is 82.5 Å². The molecule has 1 rings (SSSR count). The minimum absolute atomic E-state index is 0.502. The average molecular weight is 195 g/mol. The molecular weight excluding hydrogens is 182 g/mol. The Balaban J connectivity index is 2.98. The van der Waals surface area contributed by atoms with Crippen LogP contribution in [-0.2, 0) is 4.79 Å². The summed E-state index contributed by atoms with van der Waals surface area (Å²) < 4.78 is 4.97. The van der Waals surface area contributed by atoms with Crippen LogP contribution in [0.5, 0.6) is 5.75 Å². The van der Waals surface area contributed by atoms with E-state index in [9.17, 15) is 4.79 Å². The van der Waals surface area contributed by atoms with E-state index in [2.05, 4.69) is 4.98 Å². The fourth-order valence-corrected chi connectivity index (χ4v) is 1.29. The molecule has 4 nitrogen and oxygen atoms in total. The van der Waals surface area contributed by atoms with Crippen molar-refractivity contribution in [2.24, 2.45) is 0 Å². The van der Waals surface area contributed by atoms with Crippen LogP contribution in [0, 0.1) is 0 Å². The SMILES string of the molecule is CCC(C(=O)O)c1cncc(OC)c1. The zero-order chi connectivity index (χ0) is 10.6. The van der Waals surface area contributed by atoms with E-state index in [1.165, 1.54) is 7.11 Å². The van der Waals surface area contributed by atoms with Crippen molar-refractivity contribution >= 4 is 5.97 Å². The van der Waals surface area contributed by atoms with Gasteiger partial charge in [-0.15, -0.1) is 0 Å². The molecule has 0 spiro atoms. The van der Waals surface area contributed by atoms with Gasteiger partial charge in [0.25, 0.3) is 0 Å². The van der Waals surface area contributed by atoms with Crippen LogP contribution in [-0.4, -0.2) is 23.2 Å². The highest BCUT2D eigenvalue weighted by Crippen LogP contribution is 2.22. The van der Waals surface area contributed by atoms with Gasteiger partial charge in [-0.1, -0.05) is 6.92 Å². The van der Waals surface area contributed by atoms with Gasteiger partial charge in [0.05, 0.1) is 19.2 Å². The number of carbonyl (C=O) groups is 1. The van der Waals surface area contributed by atoms with Crippen molar-refractivity contribution in [1.82, 2.24) is 4.98 Å². The Morgan fingerprint density at radius 1 is 1.64 bits per heavy atom. The molecule has 1 atom stereocenters. The van der Waals surface area contributed by atoms with Gasteiger partial charge in [0.15, 0.2) is 0 Å². The summed E-state index contributed by atoms with van der Waals surface area (Å²) in [7, 11) is 1.53. The summed E-state index contributed by atoms with van der Waals surface area (Å²) in [5.74, 6) is -0.748. The molecule has 0 aromatic carbocycles. The van der Waals surface area contributed by atoms with Crippen molar-refractivity contribution in [2.75, 3.05) is 7.11 Å². The largest absolute Gasteiger partial charge is 0.495 e. The van der Waals surface area contributed by atoms with Crippen LogP contribution in [0.15, 0.2) is 18.5 Å². The molecule has 76 valence electrons. The van der Waals surface area contributed by atoms with Gasteiger partial charge in [-0.2, -0.15) is 0 Å². The van der Waals surface area contributed by atoms with E-state index < -0.39 is 11.9 Å². The van der Waals surface area contributed by atoms with Crippen molar-refractivity contribution in [2.45, 2.75) is 19.3 Å². The molecule has 0 aliphatic heterocycles. The van der Waals surface area contributed by atoms with Gasteiger partial charge in [-0.05, 0) is 18.1 Å². The molecule has 0 amide bonds. The van der Waals surface area contributed by atoms with Gasteiger partial charge >= 0.3 is 5.97 Å².